The smallest absolute Gasteiger partial charge is 0.115 e. The molecule has 0 aromatic heterocycles. The number of hydrogen-bond donors (Lipinski definition) is 1. The van der Waals surface area contributed by atoms with Crippen molar-refractivity contribution in [3.63, 3.8) is 0 Å². The number of hydrogen-bond acceptors (Lipinski definition) is 1. The zero-order chi connectivity index (χ0) is 10.3. The summed E-state index contributed by atoms with van der Waals surface area (Å²) in [7, 11) is 0. The van der Waals surface area contributed by atoms with E-state index in [4.69, 9.17) is 5.11 Å². The average molecular weight is 178 g/mol. The van der Waals surface area contributed by atoms with Gasteiger partial charge in [-0.1, -0.05) is 51.1 Å². The van der Waals surface area contributed by atoms with Gasteiger partial charge in [0.25, 0.3) is 0 Å². The molecule has 0 bridgehead atoms. The van der Waals surface area contributed by atoms with Crippen LogP contribution < -0.4 is 0 Å². The van der Waals surface area contributed by atoms with Crippen LogP contribution in [0.1, 0.15) is 31.4 Å². The largest absolute Gasteiger partial charge is 0.508 e. The van der Waals surface area contributed by atoms with Gasteiger partial charge in [0.15, 0.2) is 0 Å². The van der Waals surface area contributed by atoms with Crippen molar-refractivity contribution in [3.8, 4) is 0 Å². The Bertz CT molecular complexity index is 264. The lowest BCUT2D eigenvalue weighted by Gasteiger charge is -2.00. The zero-order valence-corrected chi connectivity index (χ0v) is 8.67. The first-order valence-corrected chi connectivity index (χ1v) is 4.57. The van der Waals surface area contributed by atoms with Gasteiger partial charge in [0.2, 0.25) is 0 Å². The summed E-state index contributed by atoms with van der Waals surface area (Å²) in [5.74, 6) is 0.137. The highest BCUT2D eigenvalue weighted by Crippen LogP contribution is 2.13. The van der Waals surface area contributed by atoms with Gasteiger partial charge >= 0.3 is 0 Å². The van der Waals surface area contributed by atoms with Gasteiger partial charge in [-0.15, -0.1) is 0 Å². The number of aliphatic hydroxyl groups excluding tert-OH is 1. The quantitative estimate of drug-likeness (QED) is 0.646. The number of rotatable bonds is 1. The van der Waals surface area contributed by atoms with Crippen molar-refractivity contribution in [2.24, 2.45) is 0 Å². The number of aliphatic hydroxyl groups is 1. The molecule has 72 valence electrons. The van der Waals surface area contributed by atoms with E-state index in [1.807, 2.05) is 31.2 Å². The topological polar surface area (TPSA) is 20.2 Å². The van der Waals surface area contributed by atoms with E-state index in [1.165, 1.54) is 6.42 Å². The molecule has 0 unspecified atom stereocenters. The Morgan fingerprint density at radius 1 is 1.31 bits per heavy atom. The summed E-state index contributed by atoms with van der Waals surface area (Å²) in [6, 6.07) is 7.60. The van der Waals surface area contributed by atoms with Crippen molar-refractivity contribution < 1.29 is 5.11 Å². The van der Waals surface area contributed by atoms with Crippen molar-refractivity contribution >= 4 is 5.76 Å². The fourth-order valence-corrected chi connectivity index (χ4v) is 0.897. The number of aryl methyl sites for hydroxylation is 1. The first kappa shape index (κ1) is 11.8. The van der Waals surface area contributed by atoms with Gasteiger partial charge in [0, 0.05) is 5.56 Å². The second kappa shape index (κ2) is 6.30. The van der Waals surface area contributed by atoms with Gasteiger partial charge in [0.05, 0.1) is 0 Å². The van der Waals surface area contributed by atoms with Crippen LogP contribution in [-0.2, 0) is 0 Å². The third-order valence-electron chi connectivity index (χ3n) is 1.46. The lowest BCUT2D eigenvalue weighted by Crippen LogP contribution is -1.84. The second-order valence-electron chi connectivity index (χ2n) is 2.97. The molecular weight excluding hydrogens is 160 g/mol. The standard InChI is InChI=1S/C9H10O.C3H8/c1-7-5-3-4-6-9(7)8(2)10;1-3-2/h3-6,10H,2H2,1H3;3H2,1-2H3. The molecule has 0 amide bonds. The fraction of sp³-hybridized carbons (Fsp3) is 0.333. The van der Waals surface area contributed by atoms with Crippen LogP contribution in [0.3, 0.4) is 0 Å². The van der Waals surface area contributed by atoms with E-state index in [-0.39, 0.29) is 5.76 Å². The van der Waals surface area contributed by atoms with Crippen molar-refractivity contribution in [2.75, 3.05) is 0 Å². The van der Waals surface area contributed by atoms with Gasteiger partial charge < -0.3 is 5.11 Å². The predicted octanol–water partition coefficient (Wildman–Crippen LogP) is 3.94. The lowest BCUT2D eigenvalue weighted by molar-refractivity contribution is 0.513. The summed E-state index contributed by atoms with van der Waals surface area (Å²) >= 11 is 0. The molecule has 1 aromatic rings. The molecule has 0 atom stereocenters. The minimum atomic E-state index is 0.137. The van der Waals surface area contributed by atoms with Crippen LogP contribution in [0.25, 0.3) is 5.76 Å². The minimum absolute atomic E-state index is 0.137. The maximum absolute atomic E-state index is 9.01. The minimum Gasteiger partial charge on any atom is -0.508 e. The van der Waals surface area contributed by atoms with E-state index in [1.54, 1.807) is 0 Å². The Morgan fingerprint density at radius 3 is 2.08 bits per heavy atom. The van der Waals surface area contributed by atoms with Crippen molar-refractivity contribution in [2.45, 2.75) is 27.2 Å². The summed E-state index contributed by atoms with van der Waals surface area (Å²) in [5, 5.41) is 9.01. The molecule has 0 aliphatic carbocycles. The van der Waals surface area contributed by atoms with Crippen molar-refractivity contribution in [3.05, 3.63) is 42.0 Å². The van der Waals surface area contributed by atoms with Crippen LogP contribution in [-0.4, -0.2) is 5.11 Å². The zero-order valence-electron chi connectivity index (χ0n) is 8.67. The first-order chi connectivity index (χ1) is 6.13. The van der Waals surface area contributed by atoms with Crippen molar-refractivity contribution in [1.29, 1.82) is 0 Å². The summed E-state index contributed by atoms with van der Waals surface area (Å²) in [5.41, 5.74) is 1.87. The molecular formula is C12H18O. The average Bonchev–Trinajstić information content (AvgIpc) is 2.06. The van der Waals surface area contributed by atoms with Crippen molar-refractivity contribution in [1.82, 2.24) is 0 Å². The third kappa shape index (κ3) is 4.36. The van der Waals surface area contributed by atoms with Gasteiger partial charge in [0.1, 0.15) is 5.76 Å². The Balaban J connectivity index is 0.000000424. The van der Waals surface area contributed by atoms with Crippen LogP contribution in [0.4, 0.5) is 0 Å². The van der Waals surface area contributed by atoms with Crippen LogP contribution >= 0.6 is 0 Å². The van der Waals surface area contributed by atoms with E-state index in [9.17, 15) is 0 Å². The molecule has 0 fully saturated rings. The number of benzene rings is 1. The van der Waals surface area contributed by atoms with E-state index < -0.39 is 0 Å². The Kier molecular flexibility index (Phi) is 5.69. The molecule has 0 radical (unpaired) electrons. The van der Waals surface area contributed by atoms with Crippen LogP contribution in [0.5, 0.6) is 0 Å². The maximum atomic E-state index is 9.01. The molecule has 1 heteroatoms. The summed E-state index contributed by atoms with van der Waals surface area (Å²) in [6.45, 7) is 9.63. The molecule has 13 heavy (non-hydrogen) atoms. The highest BCUT2D eigenvalue weighted by Gasteiger charge is 1.96. The summed E-state index contributed by atoms with van der Waals surface area (Å²) in [4.78, 5) is 0. The molecule has 1 N–H and O–H groups in total. The SMILES string of the molecule is C=C(O)c1ccccc1C.CCC. The first-order valence-electron chi connectivity index (χ1n) is 4.57. The van der Waals surface area contributed by atoms with Crippen LogP contribution in [0, 0.1) is 6.92 Å². The van der Waals surface area contributed by atoms with Gasteiger partial charge in [-0.2, -0.15) is 0 Å². The van der Waals surface area contributed by atoms with Crippen LogP contribution in [0.15, 0.2) is 30.8 Å². The Labute approximate surface area is 80.7 Å². The molecule has 0 aliphatic heterocycles. The molecule has 0 aliphatic rings. The highest BCUT2D eigenvalue weighted by atomic mass is 16.3. The summed E-state index contributed by atoms with van der Waals surface area (Å²) in [6.07, 6.45) is 1.25. The highest BCUT2D eigenvalue weighted by molar-refractivity contribution is 5.59. The second-order valence-corrected chi connectivity index (χ2v) is 2.97. The van der Waals surface area contributed by atoms with Gasteiger partial charge in [-0.3, -0.25) is 0 Å². The van der Waals surface area contributed by atoms with Gasteiger partial charge in [-0.25, -0.2) is 0 Å². The monoisotopic (exact) mass is 178 g/mol. The summed E-state index contributed by atoms with van der Waals surface area (Å²) < 4.78 is 0. The Morgan fingerprint density at radius 2 is 1.77 bits per heavy atom. The molecule has 1 aromatic carbocycles. The van der Waals surface area contributed by atoms with Crippen LogP contribution in [0.2, 0.25) is 0 Å². The lowest BCUT2D eigenvalue weighted by atomic mass is 10.1. The van der Waals surface area contributed by atoms with Gasteiger partial charge in [-0.05, 0) is 12.5 Å². The van der Waals surface area contributed by atoms with E-state index >= 15 is 0 Å². The fourth-order valence-electron chi connectivity index (χ4n) is 0.897. The molecule has 0 heterocycles. The predicted molar refractivity (Wildman–Crippen MR) is 58.8 cm³/mol. The molecule has 0 saturated carbocycles. The maximum Gasteiger partial charge on any atom is 0.115 e. The molecule has 0 saturated heterocycles. The van der Waals surface area contributed by atoms with E-state index in [0.29, 0.717) is 0 Å². The Hall–Kier alpha value is -1.24. The molecule has 0 spiro atoms. The normalized spacial score (nSPS) is 8.54. The molecule has 1 nitrogen and oxygen atoms in total. The van der Waals surface area contributed by atoms with E-state index in [0.717, 1.165) is 11.1 Å². The molecule has 1 rings (SSSR count). The third-order valence-corrected chi connectivity index (χ3v) is 1.46. The van der Waals surface area contributed by atoms with E-state index in [2.05, 4.69) is 20.4 Å².